The van der Waals surface area contributed by atoms with Crippen LogP contribution in [0.5, 0.6) is 0 Å². The van der Waals surface area contributed by atoms with Gasteiger partial charge < -0.3 is 20.6 Å². The maximum absolute atomic E-state index is 12.2. The Morgan fingerprint density at radius 1 is 1.14 bits per heavy atom. The smallest absolute Gasteiger partial charge is 0.251 e. The number of aliphatic hydroxyl groups is 1. The second-order valence-electron chi connectivity index (χ2n) is 9.06. The van der Waals surface area contributed by atoms with Crippen LogP contribution in [0.1, 0.15) is 36.7 Å². The van der Waals surface area contributed by atoms with Gasteiger partial charge in [0.05, 0.1) is 22.9 Å². The second kappa shape index (κ2) is 9.71. The van der Waals surface area contributed by atoms with Gasteiger partial charge in [0.15, 0.2) is 5.65 Å². The van der Waals surface area contributed by atoms with Crippen LogP contribution < -0.4 is 15.5 Å². The highest BCUT2D eigenvalue weighted by Gasteiger charge is 2.22. The molecule has 2 aromatic heterocycles. The molecule has 2 heterocycles. The SMILES string of the molecule is CCN(CC(C)(C)O)c1nc(Nc2cc(C(=O)NC)ccc2C)c2cnn(-c3ccccc3)c2n1. The number of hydrogen-bond donors (Lipinski definition) is 3. The number of carbonyl (C=O) groups excluding carboxylic acids is 1. The van der Waals surface area contributed by atoms with Crippen LogP contribution in [0.15, 0.2) is 54.7 Å². The lowest BCUT2D eigenvalue weighted by atomic mass is 10.1. The van der Waals surface area contributed by atoms with E-state index in [1.165, 1.54) is 0 Å². The molecule has 35 heavy (non-hydrogen) atoms. The Morgan fingerprint density at radius 2 is 1.89 bits per heavy atom. The molecule has 1 amide bonds. The lowest BCUT2D eigenvalue weighted by Crippen LogP contribution is -2.39. The number of hydrogen-bond acceptors (Lipinski definition) is 7. The largest absolute Gasteiger partial charge is 0.389 e. The van der Waals surface area contributed by atoms with Crippen molar-refractivity contribution in [3.63, 3.8) is 0 Å². The van der Waals surface area contributed by atoms with Gasteiger partial charge in [0, 0.05) is 31.4 Å². The van der Waals surface area contributed by atoms with Crippen LogP contribution in [0, 0.1) is 6.92 Å². The topological polar surface area (TPSA) is 108 Å². The summed E-state index contributed by atoms with van der Waals surface area (Å²) in [7, 11) is 1.61. The summed E-state index contributed by atoms with van der Waals surface area (Å²) < 4.78 is 1.78. The van der Waals surface area contributed by atoms with E-state index in [1.807, 2.05) is 55.1 Å². The normalized spacial score (nSPS) is 11.5. The number of carbonyl (C=O) groups is 1. The fourth-order valence-corrected chi connectivity index (χ4v) is 3.85. The van der Waals surface area contributed by atoms with E-state index in [2.05, 4.69) is 15.7 Å². The zero-order valence-corrected chi connectivity index (χ0v) is 20.7. The minimum atomic E-state index is -0.931. The summed E-state index contributed by atoms with van der Waals surface area (Å²) in [5, 5.41) is 21.9. The lowest BCUT2D eigenvalue weighted by molar-refractivity contribution is 0.0872. The highest BCUT2D eigenvalue weighted by atomic mass is 16.3. The van der Waals surface area contributed by atoms with Crippen LogP contribution in [0.25, 0.3) is 16.7 Å². The van der Waals surface area contributed by atoms with Gasteiger partial charge in [-0.15, -0.1) is 0 Å². The van der Waals surface area contributed by atoms with E-state index >= 15 is 0 Å². The summed E-state index contributed by atoms with van der Waals surface area (Å²) in [5.41, 5.74) is 2.85. The van der Waals surface area contributed by atoms with Gasteiger partial charge in [0.25, 0.3) is 5.91 Å². The van der Waals surface area contributed by atoms with E-state index < -0.39 is 5.60 Å². The highest BCUT2D eigenvalue weighted by Crippen LogP contribution is 2.30. The van der Waals surface area contributed by atoms with E-state index in [-0.39, 0.29) is 5.91 Å². The van der Waals surface area contributed by atoms with Crippen molar-refractivity contribution < 1.29 is 9.90 Å². The summed E-state index contributed by atoms with van der Waals surface area (Å²) in [6, 6.07) is 15.3. The van der Waals surface area contributed by atoms with Crippen molar-refractivity contribution in [1.29, 1.82) is 0 Å². The van der Waals surface area contributed by atoms with E-state index in [1.54, 1.807) is 43.9 Å². The van der Waals surface area contributed by atoms with Crippen LogP contribution in [0.4, 0.5) is 17.5 Å². The number of nitrogens with zero attached hydrogens (tertiary/aromatic N) is 5. The zero-order chi connectivity index (χ0) is 25.2. The highest BCUT2D eigenvalue weighted by molar-refractivity contribution is 5.96. The number of likely N-dealkylation sites (N-methyl/N-ethyl adjacent to an activating group) is 1. The predicted molar refractivity (Wildman–Crippen MR) is 139 cm³/mol. The van der Waals surface area contributed by atoms with Crippen LogP contribution in [0.3, 0.4) is 0 Å². The van der Waals surface area contributed by atoms with Crippen molar-refractivity contribution in [3.8, 4) is 5.69 Å². The Morgan fingerprint density at radius 3 is 2.54 bits per heavy atom. The molecule has 0 aliphatic heterocycles. The standard InChI is InChI=1S/C26H31N7O2/c1-6-32(16-26(3,4)35)25-30-22(29-21-14-18(24(34)27-5)13-12-17(21)2)20-15-28-33(23(20)31-25)19-10-8-7-9-11-19/h7-15,35H,6,16H2,1-5H3,(H,27,34)(H,29,30,31). The van der Waals surface area contributed by atoms with Gasteiger partial charge in [-0.2, -0.15) is 15.1 Å². The van der Waals surface area contributed by atoms with Crippen LogP contribution in [0.2, 0.25) is 0 Å². The van der Waals surface area contributed by atoms with E-state index in [0.29, 0.717) is 36.1 Å². The molecule has 0 saturated heterocycles. The van der Waals surface area contributed by atoms with Gasteiger partial charge >= 0.3 is 0 Å². The number of aryl methyl sites for hydroxylation is 1. The molecule has 0 radical (unpaired) electrons. The molecule has 2 aromatic carbocycles. The number of rotatable bonds is 8. The summed E-state index contributed by atoms with van der Waals surface area (Å²) in [5.74, 6) is 0.877. The van der Waals surface area contributed by atoms with Gasteiger partial charge in [-0.3, -0.25) is 4.79 Å². The molecule has 9 heteroatoms. The van der Waals surface area contributed by atoms with E-state index in [4.69, 9.17) is 9.97 Å². The Balaban J connectivity index is 1.88. The molecule has 182 valence electrons. The Bertz CT molecular complexity index is 1340. The zero-order valence-electron chi connectivity index (χ0n) is 20.7. The molecular formula is C26H31N7O2. The quantitative estimate of drug-likeness (QED) is 0.357. The Labute approximate surface area is 204 Å². The molecular weight excluding hydrogens is 442 g/mol. The first-order valence-corrected chi connectivity index (χ1v) is 11.6. The van der Waals surface area contributed by atoms with Crippen molar-refractivity contribution in [2.24, 2.45) is 0 Å². The van der Waals surface area contributed by atoms with Gasteiger partial charge in [0.1, 0.15) is 5.82 Å². The van der Waals surface area contributed by atoms with Crippen LogP contribution in [-0.4, -0.2) is 56.5 Å². The predicted octanol–water partition coefficient (Wildman–Crippen LogP) is 3.82. The number of fused-ring (bicyclic) bond motifs is 1. The number of anilines is 3. The number of amides is 1. The van der Waals surface area contributed by atoms with Crippen molar-refractivity contribution in [1.82, 2.24) is 25.1 Å². The Kier molecular flexibility index (Phi) is 6.70. The lowest BCUT2D eigenvalue weighted by Gasteiger charge is -2.28. The average molecular weight is 474 g/mol. The molecule has 0 saturated carbocycles. The first-order valence-electron chi connectivity index (χ1n) is 11.6. The van der Waals surface area contributed by atoms with Gasteiger partial charge in [-0.25, -0.2) is 4.68 Å². The van der Waals surface area contributed by atoms with Gasteiger partial charge in [-0.1, -0.05) is 24.3 Å². The third-order valence-corrected chi connectivity index (χ3v) is 5.64. The molecule has 0 spiro atoms. The molecule has 9 nitrogen and oxygen atoms in total. The summed E-state index contributed by atoms with van der Waals surface area (Å²) in [4.78, 5) is 23.8. The van der Waals surface area contributed by atoms with Crippen molar-refractivity contribution in [2.75, 3.05) is 30.4 Å². The maximum Gasteiger partial charge on any atom is 0.251 e. The molecule has 0 bridgehead atoms. The minimum absolute atomic E-state index is 0.166. The van der Waals surface area contributed by atoms with Crippen LogP contribution >= 0.6 is 0 Å². The molecule has 3 N–H and O–H groups in total. The molecule has 0 unspecified atom stereocenters. The molecule has 0 atom stereocenters. The fraction of sp³-hybridized carbons (Fsp3) is 0.308. The van der Waals surface area contributed by atoms with Gasteiger partial charge in [0.2, 0.25) is 5.95 Å². The van der Waals surface area contributed by atoms with E-state index in [0.717, 1.165) is 22.3 Å². The average Bonchev–Trinajstić information content (AvgIpc) is 3.27. The third kappa shape index (κ3) is 5.25. The number of para-hydroxylation sites is 1. The Hall–Kier alpha value is -3.98. The summed E-state index contributed by atoms with van der Waals surface area (Å²) >= 11 is 0. The second-order valence-corrected chi connectivity index (χ2v) is 9.06. The third-order valence-electron chi connectivity index (χ3n) is 5.64. The monoisotopic (exact) mass is 473 g/mol. The van der Waals surface area contributed by atoms with Crippen molar-refractivity contribution in [3.05, 3.63) is 65.9 Å². The fourth-order valence-electron chi connectivity index (χ4n) is 3.85. The minimum Gasteiger partial charge on any atom is -0.389 e. The first kappa shape index (κ1) is 24.2. The van der Waals surface area contributed by atoms with Crippen LogP contribution in [-0.2, 0) is 0 Å². The van der Waals surface area contributed by atoms with Crippen molar-refractivity contribution in [2.45, 2.75) is 33.3 Å². The van der Waals surface area contributed by atoms with E-state index in [9.17, 15) is 9.90 Å². The molecule has 0 fully saturated rings. The summed E-state index contributed by atoms with van der Waals surface area (Å²) in [6.45, 7) is 8.45. The molecule has 4 aromatic rings. The first-order chi connectivity index (χ1) is 16.7. The van der Waals surface area contributed by atoms with Crippen molar-refractivity contribution >= 4 is 34.4 Å². The molecule has 4 rings (SSSR count). The maximum atomic E-state index is 12.2. The number of benzene rings is 2. The molecule has 0 aliphatic carbocycles. The number of nitrogens with one attached hydrogen (secondary N) is 2. The molecule has 0 aliphatic rings. The summed E-state index contributed by atoms with van der Waals surface area (Å²) in [6.07, 6.45) is 1.73. The van der Waals surface area contributed by atoms with Gasteiger partial charge in [-0.05, 0) is 57.5 Å². The number of aromatic nitrogens is 4.